The molecule has 0 radical (unpaired) electrons. The molecule has 0 amide bonds. The average Bonchev–Trinajstić information content (AvgIpc) is 2.81. The summed E-state index contributed by atoms with van der Waals surface area (Å²) in [7, 11) is 0. The zero-order valence-corrected chi connectivity index (χ0v) is 13.8. The van der Waals surface area contributed by atoms with Gasteiger partial charge in [0, 0.05) is 44.4 Å². The third kappa shape index (κ3) is 2.58. The van der Waals surface area contributed by atoms with E-state index in [0.717, 1.165) is 32.0 Å². The van der Waals surface area contributed by atoms with Crippen molar-refractivity contribution in [2.45, 2.75) is 6.54 Å². The highest BCUT2D eigenvalue weighted by molar-refractivity contribution is 9.11. The summed E-state index contributed by atoms with van der Waals surface area (Å²) >= 11 is 7.04. The fraction of sp³-hybridized carbons (Fsp3) is 0.0625. The summed E-state index contributed by atoms with van der Waals surface area (Å²) in [5.41, 5.74) is 3.34. The van der Waals surface area contributed by atoms with E-state index in [2.05, 4.69) is 66.9 Å². The number of fused-ring (bicyclic) bond motifs is 1. The van der Waals surface area contributed by atoms with Crippen molar-refractivity contribution in [3.8, 4) is 0 Å². The van der Waals surface area contributed by atoms with Gasteiger partial charge in [0.15, 0.2) is 0 Å². The van der Waals surface area contributed by atoms with Gasteiger partial charge in [-0.15, -0.1) is 0 Å². The Labute approximate surface area is 134 Å². The van der Waals surface area contributed by atoms with Gasteiger partial charge in [-0.05, 0) is 35.9 Å². The first-order chi connectivity index (χ1) is 9.67. The van der Waals surface area contributed by atoms with Crippen molar-refractivity contribution in [3.05, 3.63) is 68.7 Å². The van der Waals surface area contributed by atoms with Crippen LogP contribution >= 0.6 is 31.9 Å². The van der Waals surface area contributed by atoms with E-state index in [1.165, 1.54) is 11.8 Å². The third-order valence-electron chi connectivity index (χ3n) is 3.28. The van der Waals surface area contributed by atoms with Crippen molar-refractivity contribution in [2.75, 3.05) is 0 Å². The summed E-state index contributed by atoms with van der Waals surface area (Å²) in [6, 6.07) is 14.4. The van der Waals surface area contributed by atoms with E-state index < -0.39 is 0 Å². The predicted molar refractivity (Wildman–Crippen MR) is 90.8 cm³/mol. The van der Waals surface area contributed by atoms with Gasteiger partial charge in [0.25, 0.3) is 0 Å². The summed E-state index contributed by atoms with van der Waals surface area (Å²) < 4.78 is 4.34. The second kappa shape index (κ2) is 5.54. The Bertz CT molecular complexity index is 770. The maximum Gasteiger partial charge on any atom is 0.0490 e. The molecule has 0 aliphatic heterocycles. The fourth-order valence-corrected chi connectivity index (χ4v) is 3.80. The Morgan fingerprint density at radius 3 is 2.50 bits per heavy atom. The predicted octanol–water partition coefficient (Wildman–Crippen LogP) is 5.21. The molecule has 2 aromatic carbocycles. The molecular formula is C16H12Br2N2. The first-order valence-electron chi connectivity index (χ1n) is 6.20. The Balaban J connectivity index is 2.05. The lowest BCUT2D eigenvalue weighted by molar-refractivity contribution is 0.835. The van der Waals surface area contributed by atoms with Crippen LogP contribution in [-0.4, -0.2) is 10.8 Å². The maximum absolute atomic E-state index is 7.47. The van der Waals surface area contributed by atoms with Crippen LogP contribution in [0.5, 0.6) is 0 Å². The molecule has 100 valence electrons. The monoisotopic (exact) mass is 390 g/mol. The Kier molecular flexibility index (Phi) is 3.76. The lowest BCUT2D eigenvalue weighted by Gasteiger charge is -2.07. The molecule has 0 saturated heterocycles. The van der Waals surface area contributed by atoms with Crippen molar-refractivity contribution < 1.29 is 0 Å². The zero-order chi connectivity index (χ0) is 14.1. The molecule has 1 aromatic heterocycles. The van der Waals surface area contributed by atoms with Crippen LogP contribution in [0, 0.1) is 5.41 Å². The number of nitrogens with one attached hydrogen (secondary N) is 1. The van der Waals surface area contributed by atoms with Crippen LogP contribution in [0.15, 0.2) is 57.6 Å². The van der Waals surface area contributed by atoms with Crippen molar-refractivity contribution in [3.63, 3.8) is 0 Å². The molecule has 1 N–H and O–H groups in total. The minimum Gasteiger partial charge on any atom is -0.343 e. The summed E-state index contributed by atoms with van der Waals surface area (Å²) in [5, 5.41) is 8.59. The molecule has 0 unspecified atom stereocenters. The second-order valence-corrected chi connectivity index (χ2v) is 6.48. The molecule has 3 aromatic rings. The summed E-state index contributed by atoms with van der Waals surface area (Å²) in [6.07, 6.45) is 3.48. The van der Waals surface area contributed by atoms with Gasteiger partial charge in [0.05, 0.1) is 0 Å². The first kappa shape index (κ1) is 13.6. The molecule has 20 heavy (non-hydrogen) atoms. The number of hydrogen-bond acceptors (Lipinski definition) is 1. The quantitative estimate of drug-likeness (QED) is 0.593. The minimum absolute atomic E-state index is 0.809. The van der Waals surface area contributed by atoms with Crippen LogP contribution in [0.4, 0.5) is 0 Å². The van der Waals surface area contributed by atoms with Crippen LogP contribution < -0.4 is 0 Å². The zero-order valence-electron chi connectivity index (χ0n) is 10.6. The molecule has 0 aliphatic carbocycles. The smallest absolute Gasteiger partial charge is 0.0490 e. The molecule has 3 rings (SSSR count). The largest absolute Gasteiger partial charge is 0.343 e. The van der Waals surface area contributed by atoms with E-state index in [4.69, 9.17) is 5.41 Å². The number of rotatable bonds is 3. The Morgan fingerprint density at radius 1 is 1.05 bits per heavy atom. The van der Waals surface area contributed by atoms with Gasteiger partial charge >= 0.3 is 0 Å². The number of benzene rings is 2. The van der Waals surface area contributed by atoms with Gasteiger partial charge in [-0.3, -0.25) is 0 Å². The van der Waals surface area contributed by atoms with E-state index >= 15 is 0 Å². The summed E-state index contributed by atoms with van der Waals surface area (Å²) in [4.78, 5) is 0. The normalized spacial score (nSPS) is 10.9. The van der Waals surface area contributed by atoms with Crippen LogP contribution in [0.25, 0.3) is 10.9 Å². The lowest BCUT2D eigenvalue weighted by Crippen LogP contribution is -1.98. The first-order valence-corrected chi connectivity index (χ1v) is 7.79. The molecule has 0 fully saturated rings. The standard InChI is InChI=1S/C16H12Br2N2/c17-13-6-11(7-14(18)8-13)10-20-5-4-15-12(9-19)2-1-3-16(15)20/h1-9,19H,10H2. The Hall–Kier alpha value is -1.39. The fourth-order valence-electron chi connectivity index (χ4n) is 2.41. The van der Waals surface area contributed by atoms with E-state index in [0.29, 0.717) is 0 Å². The van der Waals surface area contributed by atoms with E-state index in [-0.39, 0.29) is 0 Å². The van der Waals surface area contributed by atoms with Crippen LogP contribution in [-0.2, 0) is 6.54 Å². The second-order valence-electron chi connectivity index (χ2n) is 4.65. The summed E-state index contributed by atoms with van der Waals surface area (Å²) in [5.74, 6) is 0. The molecule has 0 atom stereocenters. The third-order valence-corrected chi connectivity index (χ3v) is 4.19. The molecule has 0 saturated carbocycles. The molecule has 2 nitrogen and oxygen atoms in total. The SMILES string of the molecule is N=Cc1cccc2c1ccn2Cc1cc(Br)cc(Br)c1. The number of aromatic nitrogens is 1. The molecule has 0 bridgehead atoms. The maximum atomic E-state index is 7.47. The van der Waals surface area contributed by atoms with E-state index in [1.807, 2.05) is 18.2 Å². The van der Waals surface area contributed by atoms with E-state index in [9.17, 15) is 0 Å². The average molecular weight is 392 g/mol. The molecule has 0 spiro atoms. The van der Waals surface area contributed by atoms with Crippen molar-refractivity contribution in [1.82, 2.24) is 4.57 Å². The number of nitrogens with zero attached hydrogens (tertiary/aromatic N) is 1. The lowest BCUT2D eigenvalue weighted by atomic mass is 10.1. The van der Waals surface area contributed by atoms with Gasteiger partial charge in [0.2, 0.25) is 0 Å². The topological polar surface area (TPSA) is 28.8 Å². The van der Waals surface area contributed by atoms with Crippen LogP contribution in [0.1, 0.15) is 11.1 Å². The highest BCUT2D eigenvalue weighted by Gasteiger charge is 2.05. The van der Waals surface area contributed by atoms with Crippen molar-refractivity contribution in [1.29, 1.82) is 5.41 Å². The van der Waals surface area contributed by atoms with Crippen molar-refractivity contribution in [2.24, 2.45) is 0 Å². The van der Waals surface area contributed by atoms with Gasteiger partial charge in [-0.1, -0.05) is 44.0 Å². The van der Waals surface area contributed by atoms with Crippen LogP contribution in [0.2, 0.25) is 0 Å². The highest BCUT2D eigenvalue weighted by atomic mass is 79.9. The van der Waals surface area contributed by atoms with E-state index in [1.54, 1.807) is 0 Å². The number of hydrogen-bond donors (Lipinski definition) is 1. The van der Waals surface area contributed by atoms with Gasteiger partial charge in [-0.25, -0.2) is 0 Å². The van der Waals surface area contributed by atoms with Crippen LogP contribution in [0.3, 0.4) is 0 Å². The minimum atomic E-state index is 0.809. The summed E-state index contributed by atoms with van der Waals surface area (Å²) in [6.45, 7) is 0.809. The van der Waals surface area contributed by atoms with Gasteiger partial charge in [-0.2, -0.15) is 0 Å². The highest BCUT2D eigenvalue weighted by Crippen LogP contribution is 2.23. The van der Waals surface area contributed by atoms with Gasteiger partial charge < -0.3 is 9.98 Å². The number of halogens is 2. The van der Waals surface area contributed by atoms with Crippen molar-refractivity contribution >= 4 is 49.0 Å². The molecule has 4 heteroatoms. The molecule has 1 heterocycles. The van der Waals surface area contributed by atoms with Gasteiger partial charge in [0.1, 0.15) is 0 Å². The Morgan fingerprint density at radius 2 is 1.80 bits per heavy atom. The molecular weight excluding hydrogens is 380 g/mol. The molecule has 0 aliphatic rings.